The highest BCUT2D eigenvalue weighted by Gasteiger charge is 2.16. The average molecular weight is 361 g/mol. The minimum atomic E-state index is -0.312. The second-order valence-corrected chi connectivity index (χ2v) is 6.92. The van der Waals surface area contributed by atoms with E-state index < -0.39 is 0 Å². The molecular weight excluding hydrogens is 341 g/mol. The van der Waals surface area contributed by atoms with E-state index in [1.54, 1.807) is 24.4 Å². The molecule has 1 amide bonds. The van der Waals surface area contributed by atoms with Gasteiger partial charge in [0.1, 0.15) is 11.6 Å². The van der Waals surface area contributed by atoms with Crippen LogP contribution in [-0.2, 0) is 11.3 Å². The minimum absolute atomic E-state index is 0.0339. The van der Waals surface area contributed by atoms with Gasteiger partial charge >= 0.3 is 0 Å². The van der Waals surface area contributed by atoms with E-state index in [0.29, 0.717) is 24.6 Å². The maximum atomic E-state index is 12.9. The van der Waals surface area contributed by atoms with Crippen molar-refractivity contribution in [1.29, 1.82) is 0 Å². The number of amides is 1. The van der Waals surface area contributed by atoms with Crippen molar-refractivity contribution in [3.8, 4) is 11.6 Å². The normalized spacial score (nSPS) is 17.1. The summed E-state index contributed by atoms with van der Waals surface area (Å²) in [7, 11) is 0. The Morgan fingerprint density at radius 2 is 2.16 bits per heavy atom. The molecule has 1 aliphatic rings. The first-order chi connectivity index (χ1) is 12.2. The van der Waals surface area contributed by atoms with Crippen molar-refractivity contribution in [1.82, 2.24) is 15.6 Å². The first-order valence-corrected chi connectivity index (χ1v) is 9.31. The fraction of sp³-hybridized carbons (Fsp3) is 0.333. The van der Waals surface area contributed by atoms with Crippen LogP contribution in [0.4, 0.5) is 4.39 Å². The molecule has 25 heavy (non-hydrogen) atoms. The number of hydrogen-bond acceptors (Lipinski definition) is 5. The molecule has 1 atom stereocenters. The van der Waals surface area contributed by atoms with Gasteiger partial charge in [0.15, 0.2) is 0 Å². The van der Waals surface area contributed by atoms with Crippen molar-refractivity contribution < 1.29 is 13.9 Å². The Labute approximate surface area is 150 Å². The monoisotopic (exact) mass is 361 g/mol. The Bertz CT molecular complexity index is 688. The molecule has 132 valence electrons. The Hall–Kier alpha value is -2.12. The van der Waals surface area contributed by atoms with Gasteiger partial charge in [-0.1, -0.05) is 6.07 Å². The zero-order chi connectivity index (χ0) is 17.5. The molecule has 0 saturated carbocycles. The summed E-state index contributed by atoms with van der Waals surface area (Å²) in [6.45, 7) is 1.39. The number of benzene rings is 1. The van der Waals surface area contributed by atoms with Gasteiger partial charge in [0.25, 0.3) is 0 Å². The molecular formula is C18H20FN3O2S. The molecule has 7 heteroatoms. The molecule has 2 aromatic rings. The largest absolute Gasteiger partial charge is 0.439 e. The zero-order valence-corrected chi connectivity index (χ0v) is 14.5. The number of hydrogen-bond donors (Lipinski definition) is 2. The molecule has 1 fully saturated rings. The van der Waals surface area contributed by atoms with Gasteiger partial charge in [0.2, 0.25) is 11.8 Å². The summed E-state index contributed by atoms with van der Waals surface area (Å²) in [6.07, 6.45) is 2.15. The number of nitrogens with one attached hydrogen (secondary N) is 2. The van der Waals surface area contributed by atoms with Crippen LogP contribution in [0.15, 0.2) is 42.6 Å². The van der Waals surface area contributed by atoms with Gasteiger partial charge < -0.3 is 15.4 Å². The summed E-state index contributed by atoms with van der Waals surface area (Å²) in [6, 6.07) is 9.58. The molecule has 1 aromatic heterocycles. The van der Waals surface area contributed by atoms with Crippen LogP contribution in [0.2, 0.25) is 0 Å². The van der Waals surface area contributed by atoms with E-state index >= 15 is 0 Å². The molecule has 1 unspecified atom stereocenters. The Balaban J connectivity index is 1.45. The average Bonchev–Trinajstić information content (AvgIpc) is 2.64. The molecule has 3 rings (SSSR count). The van der Waals surface area contributed by atoms with Gasteiger partial charge in [-0.2, -0.15) is 11.8 Å². The van der Waals surface area contributed by atoms with Crippen LogP contribution < -0.4 is 15.4 Å². The Morgan fingerprint density at radius 3 is 2.84 bits per heavy atom. The molecule has 2 N–H and O–H groups in total. The van der Waals surface area contributed by atoms with Crippen LogP contribution in [0.1, 0.15) is 12.0 Å². The maximum Gasteiger partial charge on any atom is 0.221 e. The first kappa shape index (κ1) is 17.7. The molecule has 0 aliphatic carbocycles. The second-order valence-electron chi connectivity index (χ2n) is 5.77. The van der Waals surface area contributed by atoms with Gasteiger partial charge in [-0.15, -0.1) is 0 Å². The standard InChI is InChI=1S/C18H20FN3O2S/c19-14-2-4-16(5-3-14)24-18-6-1-13(11-22-18)10-21-17(23)9-15-12-25-8-7-20-15/h1-6,11,15,20H,7-10,12H2,(H,21,23). The van der Waals surface area contributed by atoms with Crippen molar-refractivity contribution in [2.24, 2.45) is 0 Å². The van der Waals surface area contributed by atoms with Crippen LogP contribution >= 0.6 is 11.8 Å². The van der Waals surface area contributed by atoms with Gasteiger partial charge in [0, 0.05) is 49.3 Å². The summed E-state index contributed by atoms with van der Waals surface area (Å²) in [4.78, 5) is 16.2. The van der Waals surface area contributed by atoms with Gasteiger partial charge in [-0.3, -0.25) is 4.79 Å². The Morgan fingerprint density at radius 1 is 1.32 bits per heavy atom. The van der Waals surface area contributed by atoms with Crippen molar-refractivity contribution in [2.45, 2.75) is 19.0 Å². The lowest BCUT2D eigenvalue weighted by atomic mass is 10.2. The van der Waals surface area contributed by atoms with E-state index in [9.17, 15) is 9.18 Å². The van der Waals surface area contributed by atoms with Crippen LogP contribution in [0, 0.1) is 5.82 Å². The van der Waals surface area contributed by atoms with Crippen LogP contribution in [0.25, 0.3) is 0 Å². The first-order valence-electron chi connectivity index (χ1n) is 8.15. The smallest absolute Gasteiger partial charge is 0.221 e. The van der Waals surface area contributed by atoms with Crippen molar-refractivity contribution >= 4 is 17.7 Å². The fourth-order valence-corrected chi connectivity index (χ4v) is 3.40. The lowest BCUT2D eigenvalue weighted by Gasteiger charge is -2.22. The molecule has 0 spiro atoms. The van der Waals surface area contributed by atoms with Crippen LogP contribution in [0.5, 0.6) is 11.6 Å². The van der Waals surface area contributed by atoms with Crippen molar-refractivity contribution in [2.75, 3.05) is 18.1 Å². The number of rotatable bonds is 6. The topological polar surface area (TPSA) is 63.2 Å². The van der Waals surface area contributed by atoms with E-state index in [1.807, 2.05) is 17.8 Å². The highest BCUT2D eigenvalue weighted by atomic mass is 32.2. The number of ether oxygens (including phenoxy) is 1. The number of pyridine rings is 1. The molecule has 1 aliphatic heterocycles. The third-order valence-electron chi connectivity index (χ3n) is 3.75. The zero-order valence-electron chi connectivity index (χ0n) is 13.7. The number of halogens is 1. The molecule has 0 bridgehead atoms. The number of carbonyl (C=O) groups is 1. The lowest BCUT2D eigenvalue weighted by molar-refractivity contribution is -0.121. The molecule has 2 heterocycles. The third kappa shape index (κ3) is 5.72. The molecule has 5 nitrogen and oxygen atoms in total. The fourth-order valence-electron chi connectivity index (χ4n) is 2.45. The predicted molar refractivity (Wildman–Crippen MR) is 96.3 cm³/mol. The molecule has 0 radical (unpaired) electrons. The van der Waals surface area contributed by atoms with E-state index in [0.717, 1.165) is 23.6 Å². The number of carbonyl (C=O) groups excluding carboxylic acids is 1. The minimum Gasteiger partial charge on any atom is -0.439 e. The highest BCUT2D eigenvalue weighted by molar-refractivity contribution is 7.99. The molecule has 1 aromatic carbocycles. The van der Waals surface area contributed by atoms with Gasteiger partial charge in [-0.25, -0.2) is 9.37 Å². The van der Waals surface area contributed by atoms with E-state index in [-0.39, 0.29) is 17.8 Å². The van der Waals surface area contributed by atoms with Gasteiger partial charge in [0.05, 0.1) is 0 Å². The van der Waals surface area contributed by atoms with Crippen LogP contribution in [0.3, 0.4) is 0 Å². The van der Waals surface area contributed by atoms with Crippen molar-refractivity contribution in [3.05, 3.63) is 54.0 Å². The van der Waals surface area contributed by atoms with E-state index in [1.165, 1.54) is 12.1 Å². The second kappa shape index (κ2) is 8.82. The van der Waals surface area contributed by atoms with Crippen molar-refractivity contribution in [3.63, 3.8) is 0 Å². The van der Waals surface area contributed by atoms with Crippen LogP contribution in [-0.4, -0.2) is 35.0 Å². The summed E-state index contributed by atoms with van der Waals surface area (Å²) < 4.78 is 18.4. The predicted octanol–water partition coefficient (Wildman–Crippen LogP) is 2.72. The molecule has 1 saturated heterocycles. The number of nitrogens with zero attached hydrogens (tertiary/aromatic N) is 1. The lowest BCUT2D eigenvalue weighted by Crippen LogP contribution is -2.41. The third-order valence-corrected chi connectivity index (χ3v) is 4.88. The van der Waals surface area contributed by atoms with Gasteiger partial charge in [-0.05, 0) is 29.8 Å². The van der Waals surface area contributed by atoms with E-state index in [4.69, 9.17) is 4.74 Å². The quantitative estimate of drug-likeness (QED) is 0.828. The SMILES string of the molecule is O=C(CC1CSCCN1)NCc1ccc(Oc2ccc(F)cc2)nc1. The maximum absolute atomic E-state index is 12.9. The Kier molecular flexibility index (Phi) is 6.25. The van der Waals surface area contributed by atoms with E-state index in [2.05, 4.69) is 15.6 Å². The summed E-state index contributed by atoms with van der Waals surface area (Å²) in [5.41, 5.74) is 0.894. The summed E-state index contributed by atoms with van der Waals surface area (Å²) in [5, 5.41) is 6.26. The highest BCUT2D eigenvalue weighted by Crippen LogP contribution is 2.19. The summed E-state index contributed by atoms with van der Waals surface area (Å²) in [5.74, 6) is 2.75. The number of thioether (sulfide) groups is 1. The summed E-state index contributed by atoms with van der Waals surface area (Å²) >= 11 is 1.88. The number of aromatic nitrogens is 1.